The summed E-state index contributed by atoms with van der Waals surface area (Å²) in [5, 5.41) is 14.4. The molecule has 0 spiro atoms. The summed E-state index contributed by atoms with van der Waals surface area (Å²) in [5.74, 6) is -1.35. The molecule has 6 heteroatoms. The van der Waals surface area contributed by atoms with Crippen LogP contribution >= 0.6 is 0 Å². The number of rotatable bonds is 5. The van der Waals surface area contributed by atoms with E-state index in [0.29, 0.717) is 13.1 Å². The monoisotopic (exact) mass is 187 g/mol. The summed E-state index contributed by atoms with van der Waals surface area (Å²) in [4.78, 5) is 20.9. The van der Waals surface area contributed by atoms with Crippen molar-refractivity contribution in [2.75, 3.05) is 19.6 Å². The number of hydrogen-bond donors (Lipinski definition) is 4. The van der Waals surface area contributed by atoms with Crippen LogP contribution in [0.1, 0.15) is 6.42 Å². The predicted octanol–water partition coefficient (Wildman–Crippen LogP) is -2.12. The number of hydrogen-bond acceptors (Lipinski definition) is 4. The first-order valence-electron chi connectivity index (χ1n) is 4.00. The second kappa shape index (κ2) is 3.71. The summed E-state index contributed by atoms with van der Waals surface area (Å²) in [5.41, 5.74) is 4.45. The maximum absolute atomic E-state index is 10.5. The fraction of sp³-hybridized carbons (Fsp3) is 0.714. The Labute approximate surface area is 75.5 Å². The van der Waals surface area contributed by atoms with Gasteiger partial charge in [0.1, 0.15) is 0 Å². The minimum Gasteiger partial charge on any atom is -0.481 e. The van der Waals surface area contributed by atoms with Crippen molar-refractivity contribution in [2.24, 2.45) is 5.73 Å². The minimum absolute atomic E-state index is 0.00722. The van der Waals surface area contributed by atoms with E-state index >= 15 is 0 Å². The molecule has 0 saturated carbocycles. The van der Waals surface area contributed by atoms with Crippen LogP contribution in [0.5, 0.6) is 0 Å². The molecule has 0 aliphatic carbocycles. The molecule has 74 valence electrons. The molecule has 1 heterocycles. The number of aliphatic carboxylic acids is 1. The van der Waals surface area contributed by atoms with Gasteiger partial charge in [-0.2, -0.15) is 0 Å². The van der Waals surface area contributed by atoms with E-state index in [-0.39, 0.29) is 13.0 Å². The van der Waals surface area contributed by atoms with E-state index in [4.69, 9.17) is 10.8 Å². The van der Waals surface area contributed by atoms with Crippen LogP contribution in [0.4, 0.5) is 0 Å². The quantitative estimate of drug-likeness (QED) is 0.394. The standard InChI is InChI=1S/C7H13N3O3/c8-5(11)2-10-7(1-6(12)13)3-9-4-7/h9-10H,1-4H2,(H2,8,11)(H,12,13). The number of carboxylic acid groups (broad SMARTS) is 1. The number of primary amides is 1. The zero-order chi connectivity index (χ0) is 9.90. The van der Waals surface area contributed by atoms with Crippen molar-refractivity contribution in [3.05, 3.63) is 0 Å². The molecular formula is C7H13N3O3. The van der Waals surface area contributed by atoms with Crippen molar-refractivity contribution in [1.82, 2.24) is 10.6 Å². The summed E-state index contributed by atoms with van der Waals surface area (Å²) in [6.07, 6.45) is 0.00722. The van der Waals surface area contributed by atoms with Gasteiger partial charge in [0, 0.05) is 13.1 Å². The summed E-state index contributed by atoms with van der Waals surface area (Å²) in [7, 11) is 0. The van der Waals surface area contributed by atoms with Crippen LogP contribution in [0.3, 0.4) is 0 Å². The molecule has 6 nitrogen and oxygen atoms in total. The first-order valence-corrected chi connectivity index (χ1v) is 4.00. The van der Waals surface area contributed by atoms with Gasteiger partial charge in [0.2, 0.25) is 5.91 Å². The lowest BCUT2D eigenvalue weighted by Crippen LogP contribution is -2.69. The Bertz CT molecular complexity index is 225. The molecule has 0 aromatic rings. The molecule has 1 aliphatic rings. The number of nitrogens with two attached hydrogens (primary N) is 1. The van der Waals surface area contributed by atoms with E-state index in [1.165, 1.54) is 0 Å². The Morgan fingerprint density at radius 1 is 1.54 bits per heavy atom. The highest BCUT2D eigenvalue weighted by atomic mass is 16.4. The maximum atomic E-state index is 10.5. The molecule has 5 N–H and O–H groups in total. The van der Waals surface area contributed by atoms with Gasteiger partial charge in [0.25, 0.3) is 0 Å². The number of nitrogens with one attached hydrogen (secondary N) is 2. The van der Waals surface area contributed by atoms with Crippen molar-refractivity contribution in [3.8, 4) is 0 Å². The third-order valence-electron chi connectivity index (χ3n) is 2.05. The van der Waals surface area contributed by atoms with Gasteiger partial charge in [-0.1, -0.05) is 0 Å². The van der Waals surface area contributed by atoms with Gasteiger partial charge in [-0.15, -0.1) is 0 Å². The van der Waals surface area contributed by atoms with E-state index in [1.807, 2.05) is 0 Å². The van der Waals surface area contributed by atoms with Gasteiger partial charge >= 0.3 is 5.97 Å². The van der Waals surface area contributed by atoms with Crippen molar-refractivity contribution in [3.63, 3.8) is 0 Å². The fourth-order valence-corrected chi connectivity index (χ4v) is 1.30. The lowest BCUT2D eigenvalue weighted by molar-refractivity contribution is -0.139. The second-order valence-corrected chi connectivity index (χ2v) is 3.27. The summed E-state index contributed by atoms with van der Waals surface area (Å²) in [6, 6.07) is 0. The third kappa shape index (κ3) is 2.67. The highest BCUT2D eigenvalue weighted by Crippen LogP contribution is 2.15. The summed E-state index contributed by atoms with van der Waals surface area (Å²) >= 11 is 0. The van der Waals surface area contributed by atoms with Gasteiger partial charge in [-0.3, -0.25) is 14.9 Å². The topological polar surface area (TPSA) is 104 Å². The highest BCUT2D eigenvalue weighted by Gasteiger charge is 2.38. The van der Waals surface area contributed by atoms with Crippen molar-refractivity contribution < 1.29 is 14.7 Å². The number of carbonyl (C=O) groups is 2. The molecular weight excluding hydrogens is 174 g/mol. The molecule has 1 fully saturated rings. The molecule has 1 amide bonds. The zero-order valence-electron chi connectivity index (χ0n) is 7.17. The first kappa shape index (κ1) is 9.94. The van der Waals surface area contributed by atoms with Crippen LogP contribution in [0, 0.1) is 0 Å². The Morgan fingerprint density at radius 3 is 2.46 bits per heavy atom. The van der Waals surface area contributed by atoms with Crippen LogP contribution in [-0.4, -0.2) is 42.2 Å². The van der Waals surface area contributed by atoms with Crippen LogP contribution in [0.25, 0.3) is 0 Å². The van der Waals surface area contributed by atoms with Gasteiger partial charge in [0.05, 0.1) is 18.5 Å². The molecule has 1 aliphatic heterocycles. The molecule has 0 unspecified atom stereocenters. The summed E-state index contributed by atoms with van der Waals surface area (Å²) in [6.45, 7) is 1.15. The van der Waals surface area contributed by atoms with Gasteiger partial charge in [0.15, 0.2) is 0 Å². The van der Waals surface area contributed by atoms with Crippen LogP contribution < -0.4 is 16.4 Å². The van der Waals surface area contributed by atoms with E-state index in [1.54, 1.807) is 0 Å². The smallest absolute Gasteiger partial charge is 0.305 e. The molecule has 0 aromatic carbocycles. The molecule has 0 radical (unpaired) electrons. The van der Waals surface area contributed by atoms with Crippen LogP contribution in [0.2, 0.25) is 0 Å². The maximum Gasteiger partial charge on any atom is 0.305 e. The molecule has 1 rings (SSSR count). The fourth-order valence-electron chi connectivity index (χ4n) is 1.30. The highest BCUT2D eigenvalue weighted by molar-refractivity contribution is 5.76. The molecule has 13 heavy (non-hydrogen) atoms. The number of carboxylic acids is 1. The molecule has 1 saturated heterocycles. The van der Waals surface area contributed by atoms with E-state index in [0.717, 1.165) is 0 Å². The van der Waals surface area contributed by atoms with Crippen molar-refractivity contribution in [2.45, 2.75) is 12.0 Å². The van der Waals surface area contributed by atoms with E-state index in [2.05, 4.69) is 10.6 Å². The lowest BCUT2D eigenvalue weighted by atomic mass is 9.88. The predicted molar refractivity (Wildman–Crippen MR) is 45.1 cm³/mol. The van der Waals surface area contributed by atoms with Crippen LogP contribution in [-0.2, 0) is 9.59 Å². The Kier molecular flexibility index (Phi) is 2.84. The van der Waals surface area contributed by atoms with Crippen molar-refractivity contribution >= 4 is 11.9 Å². The average Bonchev–Trinajstić information content (AvgIpc) is 1.93. The molecule has 0 bridgehead atoms. The van der Waals surface area contributed by atoms with E-state index < -0.39 is 17.4 Å². The molecule has 0 aromatic heterocycles. The van der Waals surface area contributed by atoms with Crippen LogP contribution in [0.15, 0.2) is 0 Å². The van der Waals surface area contributed by atoms with Crippen molar-refractivity contribution in [1.29, 1.82) is 0 Å². The first-order chi connectivity index (χ1) is 6.04. The third-order valence-corrected chi connectivity index (χ3v) is 2.05. The Morgan fingerprint density at radius 2 is 2.15 bits per heavy atom. The second-order valence-electron chi connectivity index (χ2n) is 3.27. The average molecular weight is 187 g/mol. The van der Waals surface area contributed by atoms with Gasteiger partial charge in [-0.25, -0.2) is 0 Å². The number of carbonyl (C=O) groups excluding carboxylic acids is 1. The minimum atomic E-state index is -0.876. The van der Waals surface area contributed by atoms with Gasteiger partial charge < -0.3 is 16.2 Å². The number of amides is 1. The normalized spacial score (nSPS) is 19.1. The largest absolute Gasteiger partial charge is 0.481 e. The lowest BCUT2D eigenvalue weighted by Gasteiger charge is -2.42. The Hall–Kier alpha value is -1.14. The van der Waals surface area contributed by atoms with E-state index in [9.17, 15) is 9.59 Å². The summed E-state index contributed by atoms with van der Waals surface area (Å²) < 4.78 is 0. The van der Waals surface area contributed by atoms with Gasteiger partial charge in [-0.05, 0) is 0 Å². The SMILES string of the molecule is NC(=O)CNC1(CC(=O)O)CNC1. The zero-order valence-corrected chi connectivity index (χ0v) is 7.17. The Balaban J connectivity index is 2.40. The molecule has 0 atom stereocenters.